The van der Waals surface area contributed by atoms with Crippen molar-refractivity contribution in [2.45, 2.75) is 39.3 Å². The highest BCUT2D eigenvalue weighted by Crippen LogP contribution is 2.19. The van der Waals surface area contributed by atoms with E-state index in [0.717, 1.165) is 12.0 Å². The van der Waals surface area contributed by atoms with Gasteiger partial charge in [-0.05, 0) is 33.4 Å². The number of nitrogens with one attached hydrogen (secondary N) is 1. The number of nitrogens with zero attached hydrogens (tertiary/aromatic N) is 1. The smallest absolute Gasteiger partial charge is 0.0260 e. The highest BCUT2D eigenvalue weighted by Gasteiger charge is 2.29. The van der Waals surface area contributed by atoms with Crippen LogP contribution in [0.5, 0.6) is 0 Å². The summed E-state index contributed by atoms with van der Waals surface area (Å²) in [4.78, 5) is 2.49. The van der Waals surface area contributed by atoms with E-state index in [0.29, 0.717) is 6.04 Å². The zero-order valence-corrected chi connectivity index (χ0v) is 8.80. The second kappa shape index (κ2) is 4.24. The van der Waals surface area contributed by atoms with Crippen molar-refractivity contribution in [1.29, 1.82) is 0 Å². The third kappa shape index (κ3) is 1.99. The molecule has 1 heterocycles. The van der Waals surface area contributed by atoms with Gasteiger partial charge in [-0.1, -0.05) is 13.3 Å². The largest absolute Gasteiger partial charge is 0.315 e. The van der Waals surface area contributed by atoms with Crippen molar-refractivity contribution in [2.75, 3.05) is 20.1 Å². The summed E-state index contributed by atoms with van der Waals surface area (Å²) in [6.45, 7) is 9.21. The van der Waals surface area contributed by atoms with Crippen LogP contribution < -0.4 is 5.32 Å². The second-order valence-corrected chi connectivity index (χ2v) is 4.15. The molecule has 0 amide bonds. The van der Waals surface area contributed by atoms with Crippen LogP contribution in [0.3, 0.4) is 0 Å². The molecule has 0 radical (unpaired) electrons. The van der Waals surface area contributed by atoms with Crippen molar-refractivity contribution in [2.24, 2.45) is 5.92 Å². The van der Waals surface area contributed by atoms with Gasteiger partial charge in [-0.15, -0.1) is 0 Å². The van der Waals surface area contributed by atoms with Crippen molar-refractivity contribution < 1.29 is 0 Å². The first-order chi connectivity index (χ1) is 5.66. The molecule has 0 unspecified atom stereocenters. The Hall–Kier alpha value is -0.0800. The molecule has 1 aliphatic heterocycles. The van der Waals surface area contributed by atoms with Gasteiger partial charge in [-0.25, -0.2) is 0 Å². The van der Waals surface area contributed by atoms with Crippen LogP contribution in [0, 0.1) is 5.92 Å². The summed E-state index contributed by atoms with van der Waals surface area (Å²) in [5.74, 6) is 0.859. The van der Waals surface area contributed by atoms with E-state index < -0.39 is 0 Å². The minimum Gasteiger partial charge on any atom is -0.315 e. The summed E-state index contributed by atoms with van der Waals surface area (Å²) in [6.07, 6.45) is 1.30. The molecule has 0 saturated carbocycles. The van der Waals surface area contributed by atoms with Gasteiger partial charge in [0.25, 0.3) is 0 Å². The van der Waals surface area contributed by atoms with Crippen LogP contribution in [-0.4, -0.2) is 37.1 Å². The summed E-state index contributed by atoms with van der Waals surface area (Å²) in [7, 11) is 2.24. The first-order valence-corrected chi connectivity index (χ1v) is 5.09. The van der Waals surface area contributed by atoms with Crippen LogP contribution in [0.25, 0.3) is 0 Å². The van der Waals surface area contributed by atoms with Crippen LogP contribution in [0.1, 0.15) is 27.2 Å². The molecule has 72 valence electrons. The minimum absolute atomic E-state index is 0.670. The topological polar surface area (TPSA) is 15.3 Å². The van der Waals surface area contributed by atoms with Gasteiger partial charge in [-0.3, -0.25) is 4.90 Å². The summed E-state index contributed by atoms with van der Waals surface area (Å²) >= 11 is 0. The fourth-order valence-corrected chi connectivity index (χ4v) is 2.00. The zero-order chi connectivity index (χ0) is 9.14. The maximum absolute atomic E-state index is 3.47. The third-order valence-electron chi connectivity index (χ3n) is 3.17. The molecule has 2 nitrogen and oxygen atoms in total. The number of hydrogen-bond donors (Lipinski definition) is 1. The molecule has 2 atom stereocenters. The van der Waals surface area contributed by atoms with Gasteiger partial charge in [0.15, 0.2) is 0 Å². The summed E-state index contributed by atoms with van der Waals surface area (Å²) < 4.78 is 0. The van der Waals surface area contributed by atoms with Gasteiger partial charge in [0, 0.05) is 18.6 Å². The predicted molar refractivity (Wildman–Crippen MR) is 53.3 cm³/mol. The fraction of sp³-hybridized carbons (Fsp3) is 1.00. The highest BCUT2D eigenvalue weighted by atomic mass is 15.2. The Labute approximate surface area is 76.3 Å². The van der Waals surface area contributed by atoms with Crippen molar-refractivity contribution in [3.63, 3.8) is 0 Å². The Morgan fingerprint density at radius 3 is 2.58 bits per heavy atom. The summed E-state index contributed by atoms with van der Waals surface area (Å²) in [6, 6.07) is 1.43. The van der Waals surface area contributed by atoms with E-state index in [1.165, 1.54) is 19.5 Å². The second-order valence-electron chi connectivity index (χ2n) is 4.15. The van der Waals surface area contributed by atoms with Gasteiger partial charge in [-0.2, -0.15) is 0 Å². The van der Waals surface area contributed by atoms with Gasteiger partial charge in [0.05, 0.1) is 0 Å². The number of rotatable bonds is 3. The van der Waals surface area contributed by atoms with E-state index in [4.69, 9.17) is 0 Å². The third-order valence-corrected chi connectivity index (χ3v) is 3.17. The van der Waals surface area contributed by atoms with Crippen LogP contribution in [0.15, 0.2) is 0 Å². The predicted octanol–water partition coefficient (Wildman–Crippen LogP) is 1.32. The van der Waals surface area contributed by atoms with Crippen LogP contribution >= 0.6 is 0 Å². The Morgan fingerprint density at radius 1 is 1.42 bits per heavy atom. The van der Waals surface area contributed by atoms with Crippen molar-refractivity contribution >= 4 is 0 Å². The average Bonchev–Trinajstić information content (AvgIpc) is 2.49. The number of hydrogen-bond acceptors (Lipinski definition) is 2. The Bertz CT molecular complexity index is 134. The lowest BCUT2D eigenvalue weighted by molar-refractivity contribution is 0.168. The molecule has 0 bridgehead atoms. The lowest BCUT2D eigenvalue weighted by Gasteiger charge is -2.31. The molecular formula is C10H22N2. The maximum Gasteiger partial charge on any atom is 0.0260 e. The molecule has 1 N–H and O–H groups in total. The van der Waals surface area contributed by atoms with Gasteiger partial charge in [0.1, 0.15) is 0 Å². The van der Waals surface area contributed by atoms with Crippen molar-refractivity contribution in [1.82, 2.24) is 10.2 Å². The van der Waals surface area contributed by atoms with Gasteiger partial charge in [0.2, 0.25) is 0 Å². The monoisotopic (exact) mass is 170 g/mol. The minimum atomic E-state index is 0.670. The normalized spacial score (nSPS) is 30.5. The average molecular weight is 170 g/mol. The molecular weight excluding hydrogens is 148 g/mol. The zero-order valence-electron chi connectivity index (χ0n) is 8.80. The van der Waals surface area contributed by atoms with Crippen molar-refractivity contribution in [3.05, 3.63) is 0 Å². The standard InChI is InChI=1S/C10H22N2/c1-5-9-6-11-7-10(9)12(4)8(2)3/h8-11H,5-7H2,1-4H3/t9-,10+/m1/s1. The highest BCUT2D eigenvalue weighted by molar-refractivity contribution is 4.87. The molecule has 1 fully saturated rings. The molecule has 0 aliphatic carbocycles. The Morgan fingerprint density at radius 2 is 2.08 bits per heavy atom. The molecule has 1 rings (SSSR count). The van der Waals surface area contributed by atoms with Gasteiger partial charge < -0.3 is 5.32 Å². The number of likely N-dealkylation sites (N-methyl/N-ethyl adjacent to an activating group) is 1. The van der Waals surface area contributed by atoms with E-state index in [2.05, 4.69) is 38.0 Å². The SMILES string of the molecule is CC[C@@H]1CNC[C@@H]1N(C)C(C)C. The first-order valence-electron chi connectivity index (χ1n) is 5.09. The summed E-state index contributed by atoms with van der Waals surface area (Å²) in [5, 5.41) is 3.47. The molecule has 12 heavy (non-hydrogen) atoms. The van der Waals surface area contributed by atoms with E-state index in [-0.39, 0.29) is 0 Å². The van der Waals surface area contributed by atoms with Crippen LogP contribution in [-0.2, 0) is 0 Å². The van der Waals surface area contributed by atoms with Gasteiger partial charge >= 0.3 is 0 Å². The first kappa shape index (κ1) is 10.0. The molecule has 0 aromatic carbocycles. The van der Waals surface area contributed by atoms with Crippen LogP contribution in [0.2, 0.25) is 0 Å². The van der Waals surface area contributed by atoms with E-state index in [1.807, 2.05) is 0 Å². The Kier molecular flexibility index (Phi) is 3.53. The lowest BCUT2D eigenvalue weighted by Crippen LogP contribution is -2.41. The maximum atomic E-state index is 3.47. The van der Waals surface area contributed by atoms with E-state index in [1.54, 1.807) is 0 Å². The lowest BCUT2D eigenvalue weighted by atomic mass is 9.99. The molecule has 0 aromatic rings. The Balaban J connectivity index is 2.49. The molecule has 2 heteroatoms. The summed E-state index contributed by atoms with van der Waals surface area (Å²) in [5.41, 5.74) is 0. The van der Waals surface area contributed by atoms with E-state index >= 15 is 0 Å². The molecule has 0 aromatic heterocycles. The van der Waals surface area contributed by atoms with E-state index in [9.17, 15) is 0 Å². The van der Waals surface area contributed by atoms with Crippen LogP contribution in [0.4, 0.5) is 0 Å². The quantitative estimate of drug-likeness (QED) is 0.687. The fourth-order valence-electron chi connectivity index (χ4n) is 2.00. The molecule has 1 aliphatic rings. The molecule has 0 spiro atoms. The van der Waals surface area contributed by atoms with Crippen molar-refractivity contribution in [3.8, 4) is 0 Å². The molecule has 1 saturated heterocycles.